The summed E-state index contributed by atoms with van der Waals surface area (Å²) in [6, 6.07) is 0.165. The molecule has 0 aromatic rings. The highest BCUT2D eigenvalue weighted by atomic mass is 16.7. The molecule has 2 aliphatic rings. The summed E-state index contributed by atoms with van der Waals surface area (Å²) in [4.78, 5) is 7.67. The highest BCUT2D eigenvalue weighted by molar-refractivity contribution is 5.85. The third-order valence-corrected chi connectivity index (χ3v) is 4.45. The molecule has 22 heavy (non-hydrogen) atoms. The summed E-state index contributed by atoms with van der Waals surface area (Å²) >= 11 is 0. The van der Waals surface area contributed by atoms with Crippen LogP contribution in [0.4, 0.5) is 0 Å². The Bertz CT molecular complexity index is 379. The summed E-state index contributed by atoms with van der Waals surface area (Å²) < 4.78 is 16.2. The van der Waals surface area contributed by atoms with E-state index in [4.69, 9.17) is 19.0 Å². The van der Waals surface area contributed by atoms with Gasteiger partial charge in [0.15, 0.2) is 12.6 Å². The summed E-state index contributed by atoms with van der Waals surface area (Å²) in [5, 5.41) is 14.3. The van der Waals surface area contributed by atoms with Crippen LogP contribution < -0.4 is 0 Å². The molecule has 2 rings (SSSR count). The minimum Gasteiger partial charge on any atom is -0.395 e. The van der Waals surface area contributed by atoms with Gasteiger partial charge in [-0.05, 0) is 20.9 Å². The van der Waals surface area contributed by atoms with Crippen molar-refractivity contribution in [3.05, 3.63) is 0 Å². The molecule has 2 fully saturated rings. The fraction of sp³-hybridized carbons (Fsp3) is 0.933. The fourth-order valence-electron chi connectivity index (χ4n) is 2.82. The van der Waals surface area contributed by atoms with E-state index in [2.05, 4.69) is 17.0 Å². The zero-order valence-electron chi connectivity index (χ0n) is 13.9. The third-order valence-electron chi connectivity index (χ3n) is 4.45. The Balaban J connectivity index is 1.89. The van der Waals surface area contributed by atoms with Gasteiger partial charge in [0.2, 0.25) is 0 Å². The molecule has 7 heteroatoms. The molecule has 0 aromatic heterocycles. The van der Waals surface area contributed by atoms with E-state index in [1.54, 1.807) is 7.11 Å². The number of rotatable bonds is 4. The van der Waals surface area contributed by atoms with Crippen LogP contribution >= 0.6 is 0 Å². The predicted octanol–water partition coefficient (Wildman–Crippen LogP) is 0.816. The zero-order chi connectivity index (χ0) is 16.1. The average Bonchev–Trinajstić information content (AvgIpc) is 2.60. The van der Waals surface area contributed by atoms with Crippen molar-refractivity contribution < 1.29 is 24.2 Å². The first-order chi connectivity index (χ1) is 10.5. The van der Waals surface area contributed by atoms with E-state index in [1.165, 1.54) is 0 Å². The topological polar surface area (TPSA) is 72.8 Å². The highest BCUT2D eigenvalue weighted by Gasteiger charge is 2.32. The SMILES string of the molecule is COC1CC(=NOCC2C(O)OCCN(C)C2C)CC(C)O1. The number of likely N-dealkylation sites (N-methyl/N-ethyl adjacent to an activating group) is 1. The van der Waals surface area contributed by atoms with Gasteiger partial charge in [-0.2, -0.15) is 0 Å². The lowest BCUT2D eigenvalue weighted by Crippen LogP contribution is -2.41. The normalized spacial score (nSPS) is 39.7. The van der Waals surface area contributed by atoms with Gasteiger partial charge in [-0.3, -0.25) is 0 Å². The van der Waals surface area contributed by atoms with Gasteiger partial charge in [0.25, 0.3) is 0 Å². The van der Waals surface area contributed by atoms with Crippen LogP contribution in [0.5, 0.6) is 0 Å². The molecule has 7 nitrogen and oxygen atoms in total. The first kappa shape index (κ1) is 17.6. The zero-order valence-corrected chi connectivity index (χ0v) is 13.9. The number of hydrogen-bond donors (Lipinski definition) is 1. The van der Waals surface area contributed by atoms with Crippen LogP contribution in [0.2, 0.25) is 0 Å². The quantitative estimate of drug-likeness (QED) is 0.774. The lowest BCUT2D eigenvalue weighted by atomic mass is 10.0. The molecular formula is C15H28N2O5. The lowest BCUT2D eigenvalue weighted by Gasteiger charge is -2.30. The number of ether oxygens (including phenoxy) is 3. The maximum atomic E-state index is 10.1. The van der Waals surface area contributed by atoms with Gasteiger partial charge in [-0.1, -0.05) is 5.16 Å². The van der Waals surface area contributed by atoms with Crippen LogP contribution in [0.15, 0.2) is 5.16 Å². The standard InChI is InChI=1S/C15H28N2O5/c1-10-7-12(8-14(19-4)22-10)16-21-9-13-11(2)17(3)5-6-20-15(13)18/h10-11,13-15,18H,5-9H2,1-4H3. The summed E-state index contributed by atoms with van der Waals surface area (Å²) in [7, 11) is 3.65. The van der Waals surface area contributed by atoms with Crippen LogP contribution in [0.1, 0.15) is 26.7 Å². The average molecular weight is 316 g/mol. The Kier molecular flexibility index (Phi) is 6.58. The van der Waals surface area contributed by atoms with Gasteiger partial charge in [-0.15, -0.1) is 0 Å². The lowest BCUT2D eigenvalue weighted by molar-refractivity contribution is -0.154. The van der Waals surface area contributed by atoms with E-state index >= 15 is 0 Å². The molecule has 128 valence electrons. The maximum Gasteiger partial charge on any atom is 0.162 e. The molecule has 2 heterocycles. The van der Waals surface area contributed by atoms with E-state index in [0.717, 1.165) is 18.7 Å². The second kappa shape index (κ2) is 8.21. The second-order valence-electron chi connectivity index (χ2n) is 6.12. The largest absolute Gasteiger partial charge is 0.395 e. The van der Waals surface area contributed by atoms with Crippen molar-refractivity contribution in [3.63, 3.8) is 0 Å². The summed E-state index contributed by atoms with van der Waals surface area (Å²) in [6.45, 7) is 5.70. The Morgan fingerprint density at radius 2 is 2.14 bits per heavy atom. The second-order valence-corrected chi connectivity index (χ2v) is 6.12. The van der Waals surface area contributed by atoms with Crippen molar-refractivity contribution >= 4 is 5.71 Å². The van der Waals surface area contributed by atoms with Crippen LogP contribution in [-0.2, 0) is 19.0 Å². The smallest absolute Gasteiger partial charge is 0.162 e. The monoisotopic (exact) mass is 316 g/mol. The molecule has 1 N–H and O–H groups in total. The van der Waals surface area contributed by atoms with E-state index in [9.17, 15) is 5.11 Å². The molecule has 0 bridgehead atoms. The van der Waals surface area contributed by atoms with Crippen molar-refractivity contribution in [1.82, 2.24) is 4.90 Å². The van der Waals surface area contributed by atoms with Crippen LogP contribution in [0, 0.1) is 5.92 Å². The van der Waals surface area contributed by atoms with E-state index in [1.807, 2.05) is 14.0 Å². The number of hydrogen-bond acceptors (Lipinski definition) is 7. The van der Waals surface area contributed by atoms with Gasteiger partial charge in [0.05, 0.1) is 24.3 Å². The Labute approximate surface area is 132 Å². The van der Waals surface area contributed by atoms with Crippen molar-refractivity contribution in [3.8, 4) is 0 Å². The molecule has 0 amide bonds. The molecule has 2 aliphatic heterocycles. The van der Waals surface area contributed by atoms with Crippen molar-refractivity contribution in [1.29, 1.82) is 0 Å². The maximum absolute atomic E-state index is 10.1. The summed E-state index contributed by atoms with van der Waals surface area (Å²) in [5.74, 6) is -0.132. The van der Waals surface area contributed by atoms with Crippen molar-refractivity contribution in [2.45, 2.75) is 51.4 Å². The number of aliphatic hydroxyl groups is 1. The molecule has 0 radical (unpaired) electrons. The van der Waals surface area contributed by atoms with Crippen LogP contribution in [-0.4, -0.2) is 74.4 Å². The number of methoxy groups -OCH3 is 1. The summed E-state index contributed by atoms with van der Waals surface area (Å²) in [6.07, 6.45) is 0.334. The molecule has 0 aromatic carbocycles. The fourth-order valence-corrected chi connectivity index (χ4v) is 2.82. The molecular weight excluding hydrogens is 288 g/mol. The van der Waals surface area contributed by atoms with Crippen molar-refractivity contribution in [2.24, 2.45) is 11.1 Å². The van der Waals surface area contributed by atoms with Gasteiger partial charge in [-0.25, -0.2) is 0 Å². The van der Waals surface area contributed by atoms with E-state index in [-0.39, 0.29) is 24.4 Å². The van der Waals surface area contributed by atoms with Gasteiger partial charge < -0.3 is 29.1 Å². The molecule has 5 unspecified atom stereocenters. The van der Waals surface area contributed by atoms with Gasteiger partial charge >= 0.3 is 0 Å². The number of aliphatic hydroxyl groups excluding tert-OH is 1. The molecule has 0 aliphatic carbocycles. The first-order valence-corrected chi connectivity index (χ1v) is 7.87. The van der Waals surface area contributed by atoms with Gasteiger partial charge in [0, 0.05) is 32.5 Å². The third kappa shape index (κ3) is 4.63. The minimum atomic E-state index is -0.819. The number of nitrogens with zero attached hydrogens (tertiary/aromatic N) is 2. The van der Waals surface area contributed by atoms with Crippen LogP contribution in [0.3, 0.4) is 0 Å². The summed E-state index contributed by atoms with van der Waals surface area (Å²) in [5.41, 5.74) is 0.927. The van der Waals surface area contributed by atoms with E-state index < -0.39 is 6.29 Å². The highest BCUT2D eigenvalue weighted by Crippen LogP contribution is 2.21. The minimum absolute atomic E-state index is 0.0675. The Hall–Kier alpha value is -0.730. The number of oxime groups is 1. The van der Waals surface area contributed by atoms with Crippen molar-refractivity contribution in [2.75, 3.05) is 33.9 Å². The van der Waals surface area contributed by atoms with Gasteiger partial charge in [0.1, 0.15) is 6.61 Å². The molecule has 0 spiro atoms. The Morgan fingerprint density at radius 1 is 1.36 bits per heavy atom. The Morgan fingerprint density at radius 3 is 2.86 bits per heavy atom. The van der Waals surface area contributed by atoms with E-state index in [0.29, 0.717) is 19.6 Å². The predicted molar refractivity (Wildman–Crippen MR) is 81.5 cm³/mol. The van der Waals surface area contributed by atoms with Crippen LogP contribution in [0.25, 0.3) is 0 Å². The molecule has 2 saturated heterocycles. The first-order valence-electron chi connectivity index (χ1n) is 7.87. The molecule has 0 saturated carbocycles. The molecule has 5 atom stereocenters.